The average Bonchev–Trinajstić information content (AvgIpc) is 2.50. The van der Waals surface area contributed by atoms with Crippen LogP contribution in [-0.4, -0.2) is 76.7 Å². The fourth-order valence-electron chi connectivity index (χ4n) is 2.46. The number of hydrogen-bond donors (Lipinski definition) is 5. The molecule has 0 saturated heterocycles. The molecule has 0 aliphatic heterocycles. The van der Waals surface area contributed by atoms with E-state index in [0.29, 0.717) is 25.8 Å². The molecule has 0 fully saturated rings. The van der Waals surface area contributed by atoms with E-state index >= 15 is 0 Å². The van der Waals surface area contributed by atoms with Crippen molar-refractivity contribution >= 4 is 30.8 Å². The Morgan fingerprint density at radius 2 is 1.96 bits per heavy atom. The van der Waals surface area contributed by atoms with Gasteiger partial charge in [0.05, 0.1) is 6.04 Å². The number of carboxylic acid groups (broad SMARTS) is 1. The largest absolute Gasteiger partial charge is 0.481 e. The van der Waals surface area contributed by atoms with Crippen LogP contribution in [0.2, 0.25) is 6.32 Å². The quantitative estimate of drug-likeness (QED) is 0.252. The van der Waals surface area contributed by atoms with Crippen molar-refractivity contribution in [3.8, 4) is 0 Å². The Balaban J connectivity index is 4.76. The first kappa shape index (κ1) is 23.2. The van der Waals surface area contributed by atoms with Gasteiger partial charge in [-0.15, -0.1) is 0 Å². The van der Waals surface area contributed by atoms with Crippen molar-refractivity contribution in [2.24, 2.45) is 17.4 Å². The summed E-state index contributed by atoms with van der Waals surface area (Å²) < 4.78 is 0. The molecule has 0 rings (SSSR count). The Morgan fingerprint density at radius 1 is 1.29 bits per heavy atom. The van der Waals surface area contributed by atoms with Gasteiger partial charge in [-0.25, -0.2) is 0 Å². The summed E-state index contributed by atoms with van der Waals surface area (Å²) in [7, 11) is -1.41. The van der Waals surface area contributed by atoms with Crippen LogP contribution in [0.5, 0.6) is 0 Å². The van der Waals surface area contributed by atoms with E-state index in [-0.39, 0.29) is 37.7 Å². The zero-order valence-corrected chi connectivity index (χ0v) is 15.1. The lowest BCUT2D eigenvalue weighted by Crippen LogP contribution is -2.47. The Kier molecular flexibility index (Phi) is 13.0. The van der Waals surface area contributed by atoms with E-state index < -0.39 is 19.1 Å². The number of hydrogen-bond acceptors (Lipinski definition) is 7. The minimum absolute atomic E-state index is 0.0874. The van der Waals surface area contributed by atoms with Crippen LogP contribution in [0.15, 0.2) is 0 Å². The summed E-state index contributed by atoms with van der Waals surface area (Å²) in [6.07, 6.45) is 3.54. The molecule has 0 radical (unpaired) electrons. The van der Waals surface area contributed by atoms with Crippen molar-refractivity contribution in [2.45, 2.75) is 38.0 Å². The molecule has 0 aromatic carbocycles. The molecule has 2 atom stereocenters. The lowest BCUT2D eigenvalue weighted by molar-refractivity contribution is -0.140. The van der Waals surface area contributed by atoms with Gasteiger partial charge in [-0.3, -0.25) is 9.59 Å². The molecule has 0 saturated carbocycles. The van der Waals surface area contributed by atoms with Gasteiger partial charge in [0.25, 0.3) is 0 Å². The highest BCUT2D eigenvalue weighted by Crippen LogP contribution is 2.16. The zero-order valence-electron chi connectivity index (χ0n) is 14.3. The Hall–Kier alpha value is -0.805. The number of thioether (sulfide) groups is 1. The highest BCUT2D eigenvalue weighted by atomic mass is 32.2. The molecule has 0 aliphatic rings. The maximum absolute atomic E-state index is 12.5. The number of nitrogens with two attached hydrogens (primary N) is 2. The van der Waals surface area contributed by atoms with Crippen LogP contribution < -0.4 is 11.5 Å². The summed E-state index contributed by atoms with van der Waals surface area (Å²) in [5.74, 6) is -0.663. The van der Waals surface area contributed by atoms with Gasteiger partial charge in [-0.2, -0.15) is 11.8 Å². The van der Waals surface area contributed by atoms with Crippen molar-refractivity contribution in [3.05, 3.63) is 0 Å². The molecule has 0 aromatic heterocycles. The van der Waals surface area contributed by atoms with Crippen molar-refractivity contribution in [1.82, 2.24) is 4.90 Å². The number of carbonyl (C=O) groups excluding carboxylic acids is 1. The highest BCUT2D eigenvalue weighted by molar-refractivity contribution is 7.98. The number of nitrogens with zero attached hydrogens (tertiary/aromatic N) is 1. The Morgan fingerprint density at radius 3 is 2.46 bits per heavy atom. The molecule has 0 heterocycles. The van der Waals surface area contributed by atoms with Gasteiger partial charge in [0, 0.05) is 26.1 Å². The third kappa shape index (κ3) is 10.9. The standard InChI is InChI=1S/C14H30BN3O5S/c1-24-8-4-12(17)14(21)18(7-6-16)10-11(9-13(19)20)3-2-5-15(22)23/h11-12,22-23H,2-10,16-17H2,1H3,(H,19,20)/t11?,12-/m0/s1. The molecule has 0 spiro atoms. The third-order valence-corrected chi connectivity index (χ3v) is 4.32. The van der Waals surface area contributed by atoms with Gasteiger partial charge < -0.3 is 31.5 Å². The average molecular weight is 363 g/mol. The number of rotatable bonds is 14. The van der Waals surface area contributed by atoms with Crippen LogP contribution in [0, 0.1) is 5.92 Å². The second-order valence-corrected chi connectivity index (χ2v) is 6.82. The predicted molar refractivity (Wildman–Crippen MR) is 96.6 cm³/mol. The summed E-state index contributed by atoms with van der Waals surface area (Å²) in [5.41, 5.74) is 11.5. The van der Waals surface area contributed by atoms with E-state index in [1.54, 1.807) is 11.8 Å². The number of amides is 1. The van der Waals surface area contributed by atoms with Crippen LogP contribution in [-0.2, 0) is 9.59 Å². The molecule has 24 heavy (non-hydrogen) atoms. The number of aliphatic carboxylic acids is 1. The molecule has 1 amide bonds. The fourth-order valence-corrected chi connectivity index (χ4v) is 2.95. The zero-order chi connectivity index (χ0) is 18.5. The van der Waals surface area contributed by atoms with E-state index in [1.807, 2.05) is 6.26 Å². The first-order valence-corrected chi connectivity index (χ1v) is 9.52. The summed E-state index contributed by atoms with van der Waals surface area (Å²) in [6.45, 7) is 0.859. The summed E-state index contributed by atoms with van der Waals surface area (Å²) in [6, 6.07) is -0.617. The smallest absolute Gasteiger partial charge is 0.451 e. The minimum Gasteiger partial charge on any atom is -0.481 e. The van der Waals surface area contributed by atoms with Crippen molar-refractivity contribution < 1.29 is 24.7 Å². The predicted octanol–water partition coefficient (Wildman–Crippen LogP) is -0.802. The molecule has 0 bridgehead atoms. The minimum atomic E-state index is -1.41. The van der Waals surface area contributed by atoms with Crippen LogP contribution in [0.25, 0.3) is 0 Å². The molecule has 1 unspecified atom stereocenters. The van der Waals surface area contributed by atoms with Gasteiger partial charge in [0.15, 0.2) is 0 Å². The second kappa shape index (κ2) is 13.5. The van der Waals surface area contributed by atoms with Gasteiger partial charge >= 0.3 is 13.1 Å². The maximum Gasteiger partial charge on any atom is 0.451 e. The highest BCUT2D eigenvalue weighted by Gasteiger charge is 2.24. The van der Waals surface area contributed by atoms with Crippen molar-refractivity contribution in [2.75, 3.05) is 31.6 Å². The topological polar surface area (TPSA) is 150 Å². The molecular weight excluding hydrogens is 333 g/mol. The number of carbonyl (C=O) groups is 2. The van der Waals surface area contributed by atoms with Gasteiger partial charge in [0.1, 0.15) is 0 Å². The van der Waals surface area contributed by atoms with E-state index in [0.717, 1.165) is 5.75 Å². The third-order valence-electron chi connectivity index (χ3n) is 3.68. The Labute approximate surface area is 148 Å². The monoisotopic (exact) mass is 363 g/mol. The van der Waals surface area contributed by atoms with Crippen LogP contribution in [0.4, 0.5) is 0 Å². The summed E-state index contributed by atoms with van der Waals surface area (Å²) in [4.78, 5) is 25.0. The second-order valence-electron chi connectivity index (χ2n) is 5.84. The molecule has 0 aromatic rings. The van der Waals surface area contributed by atoms with Crippen LogP contribution >= 0.6 is 11.8 Å². The Bertz CT molecular complexity index is 376. The van der Waals surface area contributed by atoms with E-state index in [1.165, 1.54) is 4.90 Å². The lowest BCUT2D eigenvalue weighted by atomic mass is 9.81. The van der Waals surface area contributed by atoms with E-state index in [4.69, 9.17) is 26.6 Å². The summed E-state index contributed by atoms with van der Waals surface area (Å²) >= 11 is 1.61. The van der Waals surface area contributed by atoms with Gasteiger partial charge in [-0.05, 0) is 37.1 Å². The fraction of sp³-hybridized carbons (Fsp3) is 0.857. The van der Waals surface area contributed by atoms with Gasteiger partial charge in [-0.1, -0.05) is 6.42 Å². The van der Waals surface area contributed by atoms with Crippen LogP contribution in [0.1, 0.15) is 25.7 Å². The van der Waals surface area contributed by atoms with Gasteiger partial charge in [0.2, 0.25) is 5.91 Å². The van der Waals surface area contributed by atoms with Crippen molar-refractivity contribution in [1.29, 1.82) is 0 Å². The molecule has 7 N–H and O–H groups in total. The molecule has 0 aliphatic carbocycles. The summed E-state index contributed by atoms with van der Waals surface area (Å²) in [5, 5.41) is 26.8. The first-order chi connectivity index (χ1) is 11.3. The lowest BCUT2D eigenvalue weighted by Gasteiger charge is -2.29. The van der Waals surface area contributed by atoms with Crippen molar-refractivity contribution in [3.63, 3.8) is 0 Å². The normalized spacial score (nSPS) is 13.4. The molecule has 140 valence electrons. The molecule has 8 nitrogen and oxygen atoms in total. The number of carboxylic acids is 1. The van der Waals surface area contributed by atoms with E-state index in [2.05, 4.69) is 0 Å². The maximum atomic E-state index is 12.5. The molecule has 10 heteroatoms. The van der Waals surface area contributed by atoms with Crippen LogP contribution in [0.3, 0.4) is 0 Å². The SMILES string of the molecule is CSCC[C@H](N)C(=O)N(CCN)CC(CCCB(O)O)CC(=O)O. The van der Waals surface area contributed by atoms with E-state index in [9.17, 15) is 9.59 Å². The first-order valence-electron chi connectivity index (χ1n) is 8.13. The molecular formula is C14H30BN3O5S.